The van der Waals surface area contributed by atoms with Crippen molar-refractivity contribution >= 4 is 17.8 Å². The van der Waals surface area contributed by atoms with Gasteiger partial charge in [0.05, 0.1) is 0 Å². The van der Waals surface area contributed by atoms with Crippen LogP contribution in [0.25, 0.3) is 0 Å². The molecule has 2 aliphatic rings. The number of carbonyl (C=O) groups is 3. The van der Waals surface area contributed by atoms with E-state index >= 15 is 0 Å². The van der Waals surface area contributed by atoms with E-state index in [2.05, 4.69) is 10.6 Å². The second kappa shape index (κ2) is 6.68. The third kappa shape index (κ3) is 3.33. The van der Waals surface area contributed by atoms with Crippen LogP contribution in [0.4, 0.5) is 4.79 Å². The number of hydrogen-bond donors (Lipinski definition) is 2. The molecule has 0 aromatic heterocycles. The van der Waals surface area contributed by atoms with Crippen molar-refractivity contribution in [3.63, 3.8) is 0 Å². The van der Waals surface area contributed by atoms with E-state index in [0.29, 0.717) is 5.92 Å². The first-order chi connectivity index (χ1) is 8.09. The zero-order chi connectivity index (χ0) is 12.4. The van der Waals surface area contributed by atoms with Gasteiger partial charge in [0.2, 0.25) is 11.8 Å². The molecule has 2 N–H and O–H groups in total. The molecule has 0 spiro atoms. The number of urea groups is 1. The summed E-state index contributed by atoms with van der Waals surface area (Å²) >= 11 is 0. The molecular formula is C12H19N2NaO3. The van der Waals surface area contributed by atoms with E-state index in [9.17, 15) is 14.4 Å². The van der Waals surface area contributed by atoms with Gasteiger partial charge < -0.3 is 1.43 Å². The molecule has 0 aromatic carbocycles. The molecule has 1 saturated heterocycles. The molecule has 96 valence electrons. The Hall–Kier alpha value is -0.390. The Morgan fingerprint density at radius 2 is 1.56 bits per heavy atom. The van der Waals surface area contributed by atoms with Gasteiger partial charge in [0.1, 0.15) is 5.92 Å². The van der Waals surface area contributed by atoms with Crippen LogP contribution in [-0.4, -0.2) is 17.8 Å². The van der Waals surface area contributed by atoms with Gasteiger partial charge in [-0.2, -0.15) is 0 Å². The third-order valence-electron chi connectivity index (χ3n) is 3.96. The van der Waals surface area contributed by atoms with Crippen LogP contribution < -0.4 is 40.2 Å². The van der Waals surface area contributed by atoms with Crippen LogP contribution in [0, 0.1) is 17.8 Å². The van der Waals surface area contributed by atoms with E-state index in [1.165, 1.54) is 19.3 Å². The average Bonchev–Trinajstić information content (AvgIpc) is 2.28. The van der Waals surface area contributed by atoms with E-state index < -0.39 is 23.8 Å². The van der Waals surface area contributed by atoms with Crippen molar-refractivity contribution in [3.05, 3.63) is 0 Å². The standard InChI is InChI=1S/C12H18N2O3.Na.H/c1-7(8-5-3-2-4-6-8)9-10(15)13-12(17)14-11(9)16;;/h7-9H,2-6H2,1H3,(H2,13,14,15,16,17);;/q;+1;-1. The fourth-order valence-corrected chi connectivity index (χ4v) is 2.94. The second-order valence-corrected chi connectivity index (χ2v) is 5.04. The molecule has 1 aliphatic heterocycles. The summed E-state index contributed by atoms with van der Waals surface area (Å²) in [5, 5.41) is 4.34. The number of hydrogen-bond acceptors (Lipinski definition) is 3. The normalized spacial score (nSPS) is 23.9. The Morgan fingerprint density at radius 3 is 2.06 bits per heavy atom. The van der Waals surface area contributed by atoms with E-state index in [4.69, 9.17) is 0 Å². The maximum Gasteiger partial charge on any atom is 1.00 e. The van der Waals surface area contributed by atoms with Gasteiger partial charge >= 0.3 is 35.6 Å². The quantitative estimate of drug-likeness (QED) is 0.460. The molecule has 1 saturated carbocycles. The largest absolute Gasteiger partial charge is 1.00 e. The van der Waals surface area contributed by atoms with Gasteiger partial charge in [-0.3, -0.25) is 20.2 Å². The van der Waals surface area contributed by atoms with Gasteiger partial charge in [0.25, 0.3) is 0 Å². The second-order valence-electron chi connectivity index (χ2n) is 5.04. The van der Waals surface area contributed by atoms with Crippen molar-refractivity contribution in [1.29, 1.82) is 0 Å². The summed E-state index contributed by atoms with van der Waals surface area (Å²) in [6.07, 6.45) is 5.73. The minimum Gasteiger partial charge on any atom is -1.00 e. The van der Waals surface area contributed by atoms with Crippen molar-refractivity contribution in [2.45, 2.75) is 39.0 Å². The first-order valence-corrected chi connectivity index (χ1v) is 6.25. The van der Waals surface area contributed by atoms with Gasteiger partial charge in [-0.15, -0.1) is 0 Å². The van der Waals surface area contributed by atoms with Crippen LogP contribution in [0.5, 0.6) is 0 Å². The topological polar surface area (TPSA) is 75.3 Å². The molecule has 5 nitrogen and oxygen atoms in total. The maximum absolute atomic E-state index is 11.7. The monoisotopic (exact) mass is 262 g/mol. The van der Waals surface area contributed by atoms with Gasteiger partial charge in [-0.25, -0.2) is 4.79 Å². The summed E-state index contributed by atoms with van der Waals surface area (Å²) in [4.78, 5) is 34.4. The van der Waals surface area contributed by atoms with Crippen LogP contribution in [0.2, 0.25) is 0 Å². The summed E-state index contributed by atoms with van der Waals surface area (Å²) in [5.74, 6) is -1.19. The molecule has 1 atom stereocenters. The van der Waals surface area contributed by atoms with Crippen molar-refractivity contribution in [2.24, 2.45) is 17.8 Å². The van der Waals surface area contributed by atoms with E-state index in [1.807, 2.05) is 6.92 Å². The molecule has 0 bridgehead atoms. The van der Waals surface area contributed by atoms with Gasteiger partial charge in [0.15, 0.2) is 0 Å². The third-order valence-corrected chi connectivity index (χ3v) is 3.96. The first kappa shape index (κ1) is 15.7. The Kier molecular flexibility index (Phi) is 5.82. The van der Waals surface area contributed by atoms with Crippen LogP contribution in [0.1, 0.15) is 40.5 Å². The molecule has 0 radical (unpaired) electrons. The Balaban J connectivity index is 0.00000162. The Labute approximate surface area is 130 Å². The van der Waals surface area contributed by atoms with Crippen LogP contribution in [0.15, 0.2) is 0 Å². The molecule has 1 unspecified atom stereocenters. The number of nitrogens with one attached hydrogen (secondary N) is 2. The Bertz CT molecular complexity index is 339. The van der Waals surface area contributed by atoms with Crippen molar-refractivity contribution in [1.82, 2.24) is 10.6 Å². The van der Waals surface area contributed by atoms with Gasteiger partial charge in [0, 0.05) is 0 Å². The van der Waals surface area contributed by atoms with Crippen molar-refractivity contribution in [3.8, 4) is 0 Å². The van der Waals surface area contributed by atoms with E-state index in [-0.39, 0.29) is 36.9 Å². The summed E-state index contributed by atoms with van der Waals surface area (Å²) in [5.41, 5.74) is 0. The molecule has 18 heavy (non-hydrogen) atoms. The van der Waals surface area contributed by atoms with Gasteiger partial charge in [-0.05, 0) is 11.8 Å². The zero-order valence-electron chi connectivity index (χ0n) is 12.0. The molecule has 1 aliphatic carbocycles. The molecule has 2 fully saturated rings. The molecule has 6 heteroatoms. The zero-order valence-corrected chi connectivity index (χ0v) is 13.0. The van der Waals surface area contributed by atoms with Crippen molar-refractivity contribution in [2.75, 3.05) is 0 Å². The van der Waals surface area contributed by atoms with E-state index in [1.54, 1.807) is 0 Å². The maximum atomic E-state index is 11.7. The number of imide groups is 2. The minimum absolute atomic E-state index is 0. The number of rotatable bonds is 2. The summed E-state index contributed by atoms with van der Waals surface area (Å²) in [6.45, 7) is 1.94. The van der Waals surface area contributed by atoms with Crippen LogP contribution in [0.3, 0.4) is 0 Å². The average molecular weight is 262 g/mol. The summed E-state index contributed by atoms with van der Waals surface area (Å²) in [7, 11) is 0. The summed E-state index contributed by atoms with van der Waals surface area (Å²) < 4.78 is 0. The molecule has 2 rings (SSSR count). The molecule has 1 heterocycles. The van der Waals surface area contributed by atoms with Crippen molar-refractivity contribution < 1.29 is 45.4 Å². The van der Waals surface area contributed by atoms with Gasteiger partial charge in [-0.1, -0.05) is 39.0 Å². The Morgan fingerprint density at radius 1 is 1.06 bits per heavy atom. The first-order valence-electron chi connectivity index (χ1n) is 6.25. The number of carbonyl (C=O) groups excluding carboxylic acids is 3. The fourth-order valence-electron chi connectivity index (χ4n) is 2.94. The minimum atomic E-state index is -0.712. The predicted octanol–water partition coefficient (Wildman–Crippen LogP) is -1.70. The molecule has 0 aromatic rings. The van der Waals surface area contributed by atoms with Crippen LogP contribution >= 0.6 is 0 Å². The van der Waals surface area contributed by atoms with Crippen LogP contribution in [-0.2, 0) is 9.59 Å². The number of amides is 4. The van der Waals surface area contributed by atoms with E-state index in [0.717, 1.165) is 12.8 Å². The SMILES string of the molecule is CC(C1CCCCC1)C1C(=O)NC(=O)NC1=O.[H-].[Na+]. The molecule has 4 amide bonds. The predicted molar refractivity (Wildman–Crippen MR) is 62.0 cm³/mol. The summed E-state index contributed by atoms with van der Waals surface area (Å²) in [6, 6.07) is -0.702. The smallest absolute Gasteiger partial charge is 1.00 e. The number of barbiturate groups is 1. The fraction of sp³-hybridized carbons (Fsp3) is 0.750. The molecular weight excluding hydrogens is 243 g/mol.